The number of hydrogen-bond donors (Lipinski definition) is 1. The molecule has 1 rings (SSSR count). The van der Waals surface area contributed by atoms with Crippen LogP contribution in [-0.4, -0.2) is 30.9 Å². The molecule has 6 heteroatoms. The average molecular weight is 404 g/mol. The number of amides is 1. The lowest BCUT2D eigenvalue weighted by Gasteiger charge is -2.14. The van der Waals surface area contributed by atoms with Crippen LogP contribution in [0.4, 0.5) is 0 Å². The second-order valence-corrected chi connectivity index (χ2v) is 6.97. The molecule has 0 spiro atoms. The van der Waals surface area contributed by atoms with E-state index in [1.54, 1.807) is 11.8 Å². The summed E-state index contributed by atoms with van der Waals surface area (Å²) < 4.78 is 12.2. The fraction of sp³-hybridized carbons (Fsp3) is 0.588. The van der Waals surface area contributed by atoms with Crippen LogP contribution >= 0.6 is 27.7 Å². The first-order chi connectivity index (χ1) is 11.0. The van der Waals surface area contributed by atoms with Gasteiger partial charge in [-0.2, -0.15) is 0 Å². The lowest BCUT2D eigenvalue weighted by atomic mass is 10.2. The Morgan fingerprint density at radius 2 is 1.83 bits per heavy atom. The van der Waals surface area contributed by atoms with Gasteiger partial charge < -0.3 is 14.8 Å². The maximum absolute atomic E-state index is 11.8. The molecule has 0 saturated carbocycles. The van der Waals surface area contributed by atoms with Gasteiger partial charge in [-0.05, 0) is 44.9 Å². The molecule has 0 bridgehead atoms. The molecule has 1 aromatic rings. The first kappa shape index (κ1) is 20.2. The third-order valence-electron chi connectivity index (χ3n) is 3.22. The minimum Gasteiger partial charge on any atom is -0.490 e. The summed E-state index contributed by atoms with van der Waals surface area (Å²) in [5.74, 6) is 2.76. The zero-order valence-electron chi connectivity index (χ0n) is 14.3. The van der Waals surface area contributed by atoms with Gasteiger partial charge in [-0.25, -0.2) is 0 Å². The number of carbonyl (C=O) groups excluding carboxylic acids is 1. The van der Waals surface area contributed by atoms with Crippen molar-refractivity contribution in [3.63, 3.8) is 0 Å². The SMILES string of the molecule is CCOc1cc(Br)c(CSCC(=O)N[C@@H](C)CC)cc1OCC. The normalized spacial score (nSPS) is 11.9. The van der Waals surface area contributed by atoms with E-state index in [4.69, 9.17) is 9.47 Å². The zero-order valence-corrected chi connectivity index (χ0v) is 16.7. The highest BCUT2D eigenvalue weighted by Crippen LogP contribution is 2.35. The van der Waals surface area contributed by atoms with Gasteiger partial charge in [0.1, 0.15) is 0 Å². The predicted molar refractivity (Wildman–Crippen MR) is 101 cm³/mol. The van der Waals surface area contributed by atoms with Crippen molar-refractivity contribution in [3.8, 4) is 11.5 Å². The summed E-state index contributed by atoms with van der Waals surface area (Å²) in [6, 6.07) is 4.15. The molecule has 1 amide bonds. The number of thioether (sulfide) groups is 1. The van der Waals surface area contributed by atoms with Gasteiger partial charge in [-0.3, -0.25) is 4.79 Å². The number of rotatable bonds is 10. The fourth-order valence-corrected chi connectivity index (χ4v) is 3.37. The third-order valence-corrected chi connectivity index (χ3v) is 4.94. The van der Waals surface area contributed by atoms with Crippen LogP contribution in [0, 0.1) is 0 Å². The Bertz CT molecular complexity index is 511. The molecule has 0 aliphatic carbocycles. The fourth-order valence-electron chi connectivity index (χ4n) is 1.90. The van der Waals surface area contributed by atoms with Crippen molar-refractivity contribution in [2.24, 2.45) is 0 Å². The Morgan fingerprint density at radius 1 is 1.22 bits per heavy atom. The van der Waals surface area contributed by atoms with Crippen molar-refractivity contribution in [2.75, 3.05) is 19.0 Å². The van der Waals surface area contributed by atoms with Crippen LogP contribution < -0.4 is 14.8 Å². The molecule has 1 N–H and O–H groups in total. The molecular formula is C17H26BrNO3S. The van der Waals surface area contributed by atoms with Gasteiger partial charge in [0.15, 0.2) is 11.5 Å². The van der Waals surface area contributed by atoms with Crippen LogP contribution in [0.1, 0.15) is 39.7 Å². The highest BCUT2D eigenvalue weighted by atomic mass is 79.9. The monoisotopic (exact) mass is 403 g/mol. The first-order valence-corrected chi connectivity index (χ1v) is 9.91. The number of ether oxygens (including phenoxy) is 2. The molecule has 0 radical (unpaired) electrons. The van der Waals surface area contributed by atoms with E-state index in [2.05, 4.69) is 28.2 Å². The summed E-state index contributed by atoms with van der Waals surface area (Å²) >= 11 is 5.16. The molecule has 0 saturated heterocycles. The minimum absolute atomic E-state index is 0.0800. The molecule has 1 aromatic carbocycles. The lowest BCUT2D eigenvalue weighted by Crippen LogP contribution is -2.33. The number of halogens is 1. The number of benzene rings is 1. The molecular weight excluding hydrogens is 378 g/mol. The van der Waals surface area contributed by atoms with Gasteiger partial charge in [0.05, 0.1) is 19.0 Å². The number of hydrogen-bond acceptors (Lipinski definition) is 4. The first-order valence-electron chi connectivity index (χ1n) is 7.96. The maximum Gasteiger partial charge on any atom is 0.230 e. The highest BCUT2D eigenvalue weighted by Gasteiger charge is 2.12. The van der Waals surface area contributed by atoms with Crippen LogP contribution in [-0.2, 0) is 10.5 Å². The Hall–Kier alpha value is -0.880. The Morgan fingerprint density at radius 3 is 2.39 bits per heavy atom. The van der Waals surface area contributed by atoms with E-state index in [1.165, 1.54) is 0 Å². The second-order valence-electron chi connectivity index (χ2n) is 5.13. The van der Waals surface area contributed by atoms with Gasteiger partial charge in [0, 0.05) is 16.3 Å². The third kappa shape index (κ3) is 7.04. The van der Waals surface area contributed by atoms with Crippen molar-refractivity contribution in [1.29, 1.82) is 0 Å². The molecule has 1 atom stereocenters. The van der Waals surface area contributed by atoms with E-state index < -0.39 is 0 Å². The van der Waals surface area contributed by atoms with Crippen LogP contribution in [0.25, 0.3) is 0 Å². The van der Waals surface area contributed by atoms with Crippen molar-refractivity contribution in [3.05, 3.63) is 22.2 Å². The van der Waals surface area contributed by atoms with Gasteiger partial charge in [0.2, 0.25) is 5.91 Å². The molecule has 23 heavy (non-hydrogen) atoms. The van der Waals surface area contributed by atoms with Crippen molar-refractivity contribution >= 4 is 33.6 Å². The van der Waals surface area contributed by atoms with Gasteiger partial charge in [-0.15, -0.1) is 11.8 Å². The van der Waals surface area contributed by atoms with Crippen LogP contribution in [0.15, 0.2) is 16.6 Å². The van der Waals surface area contributed by atoms with Crippen LogP contribution in [0.5, 0.6) is 11.5 Å². The summed E-state index contributed by atoms with van der Waals surface area (Å²) in [7, 11) is 0. The van der Waals surface area contributed by atoms with E-state index in [-0.39, 0.29) is 11.9 Å². The van der Waals surface area contributed by atoms with E-state index in [0.29, 0.717) is 19.0 Å². The molecule has 4 nitrogen and oxygen atoms in total. The summed E-state index contributed by atoms with van der Waals surface area (Å²) in [6.07, 6.45) is 0.943. The van der Waals surface area contributed by atoms with Crippen LogP contribution in [0.3, 0.4) is 0 Å². The second kappa shape index (κ2) is 10.8. The highest BCUT2D eigenvalue weighted by molar-refractivity contribution is 9.10. The minimum atomic E-state index is 0.0800. The molecule has 130 valence electrons. The molecule has 0 fully saturated rings. The smallest absolute Gasteiger partial charge is 0.230 e. The summed E-state index contributed by atoms with van der Waals surface area (Å²) in [6.45, 7) is 9.15. The van der Waals surface area contributed by atoms with Crippen molar-refractivity contribution in [1.82, 2.24) is 5.32 Å². The standard InChI is InChI=1S/C17H26BrNO3S/c1-5-12(4)19-17(20)11-23-10-13-8-15(21-6-2)16(22-7-3)9-14(13)18/h8-9,12H,5-7,10-11H2,1-4H3,(H,19,20)/t12-/m0/s1. The van der Waals surface area contributed by atoms with E-state index in [1.807, 2.05) is 32.9 Å². The average Bonchev–Trinajstić information content (AvgIpc) is 2.51. The van der Waals surface area contributed by atoms with Gasteiger partial charge in [0.25, 0.3) is 0 Å². The molecule has 0 aromatic heterocycles. The zero-order chi connectivity index (χ0) is 17.2. The summed E-state index contributed by atoms with van der Waals surface area (Å²) in [4.78, 5) is 11.8. The quantitative estimate of drug-likeness (QED) is 0.628. The largest absolute Gasteiger partial charge is 0.490 e. The van der Waals surface area contributed by atoms with E-state index in [9.17, 15) is 4.79 Å². The number of carbonyl (C=O) groups is 1. The summed E-state index contributed by atoms with van der Waals surface area (Å²) in [5, 5.41) is 2.97. The Kier molecular flexibility index (Phi) is 9.48. The molecule has 0 aliphatic rings. The van der Waals surface area contributed by atoms with E-state index in [0.717, 1.165) is 33.7 Å². The Labute approximate surface area is 151 Å². The van der Waals surface area contributed by atoms with Crippen molar-refractivity contribution in [2.45, 2.75) is 45.9 Å². The molecule has 0 aliphatic heterocycles. The lowest BCUT2D eigenvalue weighted by molar-refractivity contribution is -0.119. The topological polar surface area (TPSA) is 47.6 Å². The maximum atomic E-state index is 11.8. The van der Waals surface area contributed by atoms with Gasteiger partial charge in [-0.1, -0.05) is 22.9 Å². The number of nitrogens with one attached hydrogen (secondary N) is 1. The van der Waals surface area contributed by atoms with Gasteiger partial charge >= 0.3 is 0 Å². The Balaban J connectivity index is 2.65. The molecule has 0 heterocycles. The molecule has 0 unspecified atom stereocenters. The summed E-state index contributed by atoms with van der Waals surface area (Å²) in [5.41, 5.74) is 1.10. The van der Waals surface area contributed by atoms with Crippen molar-refractivity contribution < 1.29 is 14.3 Å². The van der Waals surface area contributed by atoms with Crippen LogP contribution in [0.2, 0.25) is 0 Å². The van der Waals surface area contributed by atoms with E-state index >= 15 is 0 Å². The predicted octanol–water partition coefficient (Wildman–Crippen LogP) is 4.39.